The number of amides is 1. The maximum Gasteiger partial charge on any atom is 0.344 e. The molecule has 9 nitrogen and oxygen atoms in total. The van der Waals surface area contributed by atoms with Crippen molar-refractivity contribution >= 4 is 56.0 Å². The normalized spacial score (nSPS) is 10.9. The summed E-state index contributed by atoms with van der Waals surface area (Å²) in [7, 11) is 1.35. The Labute approximate surface area is 225 Å². The summed E-state index contributed by atoms with van der Waals surface area (Å²) in [6, 6.07) is 23.1. The Kier molecular flexibility index (Phi) is 7.80. The van der Waals surface area contributed by atoms with Crippen molar-refractivity contribution < 1.29 is 24.0 Å². The van der Waals surface area contributed by atoms with Gasteiger partial charge in [-0.05, 0) is 62.6 Å². The summed E-state index contributed by atoms with van der Waals surface area (Å²) >= 11 is 3.37. The molecule has 0 fully saturated rings. The lowest BCUT2D eigenvalue weighted by Crippen LogP contribution is -2.14. The first-order valence-corrected chi connectivity index (χ1v) is 11.8. The number of carbonyl (C=O) groups excluding carboxylic acids is 2. The number of esters is 1. The lowest BCUT2D eigenvalue weighted by atomic mass is 10.0. The Morgan fingerprint density at radius 1 is 1.03 bits per heavy atom. The number of nitro benzene ring substituents is 1. The molecule has 10 heteroatoms. The summed E-state index contributed by atoms with van der Waals surface area (Å²) in [4.78, 5) is 36.1. The zero-order chi connectivity index (χ0) is 27.2. The Balaban J connectivity index is 1.54. The fourth-order valence-corrected chi connectivity index (χ4v) is 4.14. The van der Waals surface area contributed by atoms with Crippen LogP contribution in [0.4, 0.5) is 11.4 Å². The fraction of sp³-hybridized carbons (Fsp3) is 0.0357. The first-order valence-electron chi connectivity index (χ1n) is 11.1. The summed E-state index contributed by atoms with van der Waals surface area (Å²) in [6.45, 7) is 0. The van der Waals surface area contributed by atoms with Gasteiger partial charge in [0.05, 0.1) is 27.8 Å². The number of halogens is 1. The van der Waals surface area contributed by atoms with E-state index < -0.39 is 16.8 Å². The number of hydrogen-bond donors (Lipinski definition) is 1. The average molecular weight is 572 g/mol. The minimum absolute atomic E-state index is 0.0460. The Morgan fingerprint density at radius 2 is 1.76 bits per heavy atom. The van der Waals surface area contributed by atoms with Crippen LogP contribution in [-0.4, -0.2) is 23.9 Å². The monoisotopic (exact) mass is 571 g/mol. The van der Waals surface area contributed by atoms with E-state index in [1.54, 1.807) is 24.3 Å². The molecule has 188 valence electrons. The van der Waals surface area contributed by atoms with E-state index in [4.69, 9.17) is 9.47 Å². The van der Waals surface area contributed by atoms with Gasteiger partial charge in [-0.1, -0.05) is 42.5 Å². The van der Waals surface area contributed by atoms with Crippen LogP contribution in [0, 0.1) is 21.4 Å². The maximum atomic E-state index is 12.9. The van der Waals surface area contributed by atoms with Gasteiger partial charge in [0.1, 0.15) is 23.1 Å². The number of hydrogen-bond acceptors (Lipinski definition) is 7. The summed E-state index contributed by atoms with van der Waals surface area (Å²) in [5.74, 6) is -0.867. The SMILES string of the molecule is COc1ccc([N+](=O)[O-])cc1NC(=O)/C(C#N)=C/c1ccc(OC(=O)c2cccc3ccccc23)c(Br)c1. The molecule has 0 bridgehead atoms. The quantitative estimate of drug-likeness (QED) is 0.0688. The molecule has 0 heterocycles. The molecule has 0 spiro atoms. The fourth-order valence-electron chi connectivity index (χ4n) is 3.66. The molecular weight excluding hydrogens is 554 g/mol. The van der Waals surface area contributed by atoms with E-state index in [-0.39, 0.29) is 28.4 Å². The van der Waals surface area contributed by atoms with Crippen molar-refractivity contribution in [2.45, 2.75) is 0 Å². The van der Waals surface area contributed by atoms with Gasteiger partial charge in [0.15, 0.2) is 0 Å². The largest absolute Gasteiger partial charge is 0.495 e. The molecular formula is C28H18BrN3O6. The number of rotatable bonds is 7. The van der Waals surface area contributed by atoms with Crippen LogP contribution in [0.15, 0.2) is 88.9 Å². The van der Waals surface area contributed by atoms with Crippen molar-refractivity contribution in [1.82, 2.24) is 0 Å². The smallest absolute Gasteiger partial charge is 0.344 e. The lowest BCUT2D eigenvalue weighted by molar-refractivity contribution is -0.384. The topological polar surface area (TPSA) is 132 Å². The Bertz CT molecular complexity index is 1650. The predicted molar refractivity (Wildman–Crippen MR) is 145 cm³/mol. The van der Waals surface area contributed by atoms with E-state index in [9.17, 15) is 25.0 Å². The number of nitrogens with one attached hydrogen (secondary N) is 1. The van der Waals surface area contributed by atoms with Crippen LogP contribution in [0.25, 0.3) is 16.8 Å². The Hall–Kier alpha value is -5.01. The van der Waals surface area contributed by atoms with Gasteiger partial charge in [-0.25, -0.2) is 4.79 Å². The first kappa shape index (κ1) is 26.1. The van der Waals surface area contributed by atoms with Gasteiger partial charge in [-0.2, -0.15) is 5.26 Å². The van der Waals surface area contributed by atoms with Crippen LogP contribution in [0.5, 0.6) is 11.5 Å². The van der Waals surface area contributed by atoms with Gasteiger partial charge in [0.2, 0.25) is 0 Å². The molecule has 0 saturated heterocycles. The van der Waals surface area contributed by atoms with Crippen molar-refractivity contribution in [3.05, 3.63) is 110 Å². The molecule has 0 unspecified atom stereocenters. The molecule has 1 N–H and O–H groups in total. The van der Waals surface area contributed by atoms with E-state index in [0.717, 1.165) is 16.8 Å². The number of non-ortho nitro benzene ring substituents is 1. The number of fused-ring (bicyclic) bond motifs is 1. The number of methoxy groups -OCH3 is 1. The highest BCUT2D eigenvalue weighted by molar-refractivity contribution is 9.10. The number of anilines is 1. The molecule has 0 saturated carbocycles. The van der Waals surface area contributed by atoms with E-state index in [1.807, 2.05) is 36.4 Å². The third-order valence-electron chi connectivity index (χ3n) is 5.49. The molecule has 0 radical (unpaired) electrons. The summed E-state index contributed by atoms with van der Waals surface area (Å²) in [5.41, 5.74) is 0.426. The third kappa shape index (κ3) is 5.69. The first-order chi connectivity index (χ1) is 18.3. The number of ether oxygens (including phenoxy) is 2. The molecule has 4 aromatic carbocycles. The molecule has 38 heavy (non-hydrogen) atoms. The van der Waals surface area contributed by atoms with Gasteiger partial charge in [0.25, 0.3) is 11.6 Å². The highest BCUT2D eigenvalue weighted by Gasteiger charge is 2.17. The second-order valence-corrected chi connectivity index (χ2v) is 8.73. The number of benzene rings is 4. The molecule has 0 aliphatic carbocycles. The third-order valence-corrected chi connectivity index (χ3v) is 6.11. The summed E-state index contributed by atoms with van der Waals surface area (Å²) in [5, 5.41) is 24.8. The highest BCUT2D eigenvalue weighted by Crippen LogP contribution is 2.31. The molecule has 0 aliphatic heterocycles. The second kappa shape index (κ2) is 11.4. The summed E-state index contributed by atoms with van der Waals surface area (Å²) in [6.07, 6.45) is 1.33. The standard InChI is InChI=1S/C28H18BrN3O6/c1-37-26-12-10-20(32(35)36)15-24(26)31-27(33)19(16-30)13-17-9-11-25(23(29)14-17)38-28(34)22-8-4-6-18-5-2-3-7-21(18)22/h2-15H,1H3,(H,31,33)/b19-13+. The minimum Gasteiger partial charge on any atom is -0.495 e. The highest BCUT2D eigenvalue weighted by atomic mass is 79.9. The van der Waals surface area contributed by atoms with Crippen molar-refractivity contribution in [1.29, 1.82) is 5.26 Å². The molecule has 0 aliphatic rings. The molecule has 1 amide bonds. The average Bonchev–Trinajstić information content (AvgIpc) is 2.92. The van der Waals surface area contributed by atoms with E-state index in [0.29, 0.717) is 15.6 Å². The second-order valence-electron chi connectivity index (χ2n) is 7.87. The van der Waals surface area contributed by atoms with Crippen LogP contribution in [0.1, 0.15) is 15.9 Å². The maximum absolute atomic E-state index is 12.9. The van der Waals surface area contributed by atoms with Gasteiger partial charge in [-0.3, -0.25) is 14.9 Å². The van der Waals surface area contributed by atoms with E-state index in [1.165, 1.54) is 31.4 Å². The van der Waals surface area contributed by atoms with Crippen LogP contribution in [-0.2, 0) is 4.79 Å². The zero-order valence-electron chi connectivity index (χ0n) is 19.8. The van der Waals surface area contributed by atoms with Crippen molar-refractivity contribution in [3.63, 3.8) is 0 Å². The van der Waals surface area contributed by atoms with Crippen molar-refractivity contribution in [2.75, 3.05) is 12.4 Å². The Morgan fingerprint density at radius 3 is 2.47 bits per heavy atom. The lowest BCUT2D eigenvalue weighted by Gasteiger charge is -2.10. The van der Waals surface area contributed by atoms with Gasteiger partial charge in [0, 0.05) is 12.1 Å². The zero-order valence-corrected chi connectivity index (χ0v) is 21.4. The summed E-state index contributed by atoms with van der Waals surface area (Å²) < 4.78 is 11.2. The molecule has 4 rings (SSSR count). The minimum atomic E-state index is -0.783. The number of nitro groups is 1. The molecule has 0 atom stereocenters. The number of nitrogens with zero attached hydrogens (tertiary/aromatic N) is 2. The van der Waals surface area contributed by atoms with Crippen LogP contribution in [0.3, 0.4) is 0 Å². The van der Waals surface area contributed by atoms with Crippen LogP contribution >= 0.6 is 15.9 Å². The van der Waals surface area contributed by atoms with Crippen molar-refractivity contribution in [3.8, 4) is 17.6 Å². The number of nitriles is 1. The molecule has 0 aromatic heterocycles. The predicted octanol–water partition coefficient (Wildman–Crippen LogP) is 6.28. The van der Waals surface area contributed by atoms with Crippen molar-refractivity contribution in [2.24, 2.45) is 0 Å². The van der Waals surface area contributed by atoms with Gasteiger partial charge < -0.3 is 14.8 Å². The van der Waals surface area contributed by atoms with Gasteiger partial charge in [-0.15, -0.1) is 0 Å². The number of carbonyl (C=O) groups is 2. The van der Waals surface area contributed by atoms with E-state index >= 15 is 0 Å². The van der Waals surface area contributed by atoms with Crippen LogP contribution in [0.2, 0.25) is 0 Å². The van der Waals surface area contributed by atoms with Crippen LogP contribution < -0.4 is 14.8 Å². The van der Waals surface area contributed by atoms with E-state index in [2.05, 4.69) is 21.2 Å². The van der Waals surface area contributed by atoms with Gasteiger partial charge >= 0.3 is 5.97 Å². The molecule has 4 aromatic rings.